The molecule has 212 valence electrons. The number of amides is 4. The van der Waals surface area contributed by atoms with Crippen LogP contribution in [-0.2, 0) is 9.59 Å². The molecule has 1 fully saturated rings. The molecule has 2 unspecified atom stereocenters. The lowest BCUT2D eigenvalue weighted by atomic mass is 10.0. The molecule has 14 heteroatoms. The van der Waals surface area contributed by atoms with Crippen LogP contribution in [0.25, 0.3) is 0 Å². The molecule has 0 aromatic heterocycles. The minimum absolute atomic E-state index is 0.0662. The zero-order valence-corrected chi connectivity index (χ0v) is 22.0. The Morgan fingerprint density at radius 1 is 1.02 bits per heavy atom. The highest BCUT2D eigenvalue weighted by Gasteiger charge is 2.44. The van der Waals surface area contributed by atoms with Crippen molar-refractivity contribution in [1.29, 1.82) is 0 Å². The highest BCUT2D eigenvalue weighted by atomic mass is 35.5. The van der Waals surface area contributed by atoms with Gasteiger partial charge in [-0.2, -0.15) is 0 Å². The summed E-state index contributed by atoms with van der Waals surface area (Å²) in [6, 6.07) is 14.1. The van der Waals surface area contributed by atoms with E-state index in [1.165, 1.54) is 42.5 Å². The van der Waals surface area contributed by atoms with Crippen molar-refractivity contribution in [3.05, 3.63) is 105 Å². The molecule has 0 bridgehead atoms. The van der Waals surface area contributed by atoms with Gasteiger partial charge in [-0.15, -0.1) is 0 Å². The number of halogens is 2. The largest absolute Gasteiger partial charge is 0.481 e. The van der Waals surface area contributed by atoms with Crippen LogP contribution in [0.3, 0.4) is 0 Å². The van der Waals surface area contributed by atoms with Crippen molar-refractivity contribution in [1.82, 2.24) is 15.1 Å². The monoisotopic (exact) mass is 583 g/mol. The van der Waals surface area contributed by atoms with Crippen molar-refractivity contribution in [3.8, 4) is 0 Å². The van der Waals surface area contributed by atoms with Gasteiger partial charge in [0.25, 0.3) is 17.5 Å². The molecule has 4 amide bonds. The molecule has 1 heterocycles. The maximum absolute atomic E-state index is 13.9. The lowest BCUT2D eigenvalue weighted by Gasteiger charge is -2.31. The maximum Gasteiger partial charge on any atom is 0.323 e. The Balaban J connectivity index is 1.66. The third-order valence-electron chi connectivity index (χ3n) is 6.27. The summed E-state index contributed by atoms with van der Waals surface area (Å²) in [7, 11) is 0. The third-order valence-corrected chi connectivity index (χ3v) is 6.53. The van der Waals surface area contributed by atoms with Gasteiger partial charge in [0.15, 0.2) is 6.17 Å². The van der Waals surface area contributed by atoms with E-state index in [0.29, 0.717) is 10.7 Å². The number of hydrogen-bond acceptors (Lipinski definition) is 6. The Bertz CT molecular complexity index is 1500. The minimum Gasteiger partial charge on any atom is -0.481 e. The van der Waals surface area contributed by atoms with Crippen LogP contribution < -0.4 is 10.6 Å². The zero-order chi connectivity index (χ0) is 29.7. The molecular weight excluding hydrogens is 561 g/mol. The number of aliphatic carboxylic acids is 1. The number of benzene rings is 3. The van der Waals surface area contributed by atoms with Crippen LogP contribution in [0.15, 0.2) is 72.8 Å². The second kappa shape index (κ2) is 12.4. The number of carbonyl (C=O) groups excluding carboxylic acids is 3. The van der Waals surface area contributed by atoms with Gasteiger partial charge >= 0.3 is 12.0 Å². The maximum atomic E-state index is 13.9. The number of urea groups is 1. The van der Waals surface area contributed by atoms with E-state index in [-0.39, 0.29) is 29.9 Å². The molecule has 0 spiro atoms. The van der Waals surface area contributed by atoms with E-state index < -0.39 is 53.2 Å². The summed E-state index contributed by atoms with van der Waals surface area (Å²) in [6.45, 7) is -0.180. The smallest absolute Gasteiger partial charge is 0.323 e. The molecule has 1 aliphatic heterocycles. The number of nitro groups is 1. The average Bonchev–Trinajstić information content (AvgIpc) is 3.39. The van der Waals surface area contributed by atoms with Crippen molar-refractivity contribution >= 4 is 46.8 Å². The summed E-state index contributed by atoms with van der Waals surface area (Å²) in [5.74, 6) is -3.65. The van der Waals surface area contributed by atoms with Crippen molar-refractivity contribution in [2.45, 2.75) is 18.6 Å². The number of hydrogen-bond donors (Lipinski definition) is 3. The van der Waals surface area contributed by atoms with Gasteiger partial charge in [-0.25, -0.2) is 9.18 Å². The first-order chi connectivity index (χ1) is 19.5. The van der Waals surface area contributed by atoms with E-state index in [0.717, 1.165) is 28.0 Å². The number of nitro benzene ring substituents is 1. The fourth-order valence-corrected chi connectivity index (χ4v) is 4.51. The van der Waals surface area contributed by atoms with Crippen LogP contribution >= 0.6 is 11.6 Å². The highest BCUT2D eigenvalue weighted by molar-refractivity contribution is 6.30. The first-order valence-corrected chi connectivity index (χ1v) is 12.6. The molecule has 2 atom stereocenters. The Morgan fingerprint density at radius 2 is 1.71 bits per heavy atom. The number of nitrogens with zero attached hydrogens (tertiary/aromatic N) is 3. The number of rotatable bonds is 8. The van der Waals surface area contributed by atoms with Gasteiger partial charge in [-0.3, -0.25) is 29.4 Å². The molecule has 12 nitrogen and oxygen atoms in total. The molecule has 0 saturated carbocycles. The number of carbonyl (C=O) groups is 4. The quantitative estimate of drug-likeness (QED) is 0.266. The standard InChI is InChI=1S/C27H23ClFN5O7/c28-18-7-9-20(10-8-18)30-27(39)33-12-11-32(26(38)17-4-1-5-19(29)13-17)25(33)24(37)31-22(15-23(35)36)16-3-2-6-21(14-16)34(40)41/h1-10,13-14,22,25H,11-12,15H2,(H,30,39)(H,31,37)(H,35,36). The van der Waals surface area contributed by atoms with E-state index in [1.807, 2.05) is 0 Å². The van der Waals surface area contributed by atoms with Crippen LogP contribution in [0.2, 0.25) is 5.02 Å². The summed E-state index contributed by atoms with van der Waals surface area (Å²) in [4.78, 5) is 64.7. The van der Waals surface area contributed by atoms with Crippen LogP contribution in [-0.4, -0.2) is 62.9 Å². The fourth-order valence-electron chi connectivity index (χ4n) is 4.38. The first-order valence-electron chi connectivity index (χ1n) is 12.2. The highest BCUT2D eigenvalue weighted by Crippen LogP contribution is 2.25. The number of carboxylic acid groups (broad SMARTS) is 1. The Kier molecular flexibility index (Phi) is 8.78. The Morgan fingerprint density at radius 3 is 2.37 bits per heavy atom. The minimum atomic E-state index is -1.56. The first kappa shape index (κ1) is 29.0. The lowest BCUT2D eigenvalue weighted by molar-refractivity contribution is -0.384. The summed E-state index contributed by atoms with van der Waals surface area (Å²) >= 11 is 5.90. The van der Waals surface area contributed by atoms with Gasteiger partial charge in [0.05, 0.1) is 17.4 Å². The molecule has 1 aliphatic rings. The van der Waals surface area contributed by atoms with Crippen LogP contribution in [0.4, 0.5) is 20.6 Å². The third kappa shape index (κ3) is 6.94. The van der Waals surface area contributed by atoms with Gasteiger partial charge < -0.3 is 20.6 Å². The van der Waals surface area contributed by atoms with E-state index in [1.54, 1.807) is 12.1 Å². The van der Waals surface area contributed by atoms with Gasteiger partial charge in [-0.1, -0.05) is 29.8 Å². The predicted molar refractivity (Wildman–Crippen MR) is 145 cm³/mol. The van der Waals surface area contributed by atoms with E-state index in [9.17, 15) is 38.8 Å². The lowest BCUT2D eigenvalue weighted by Crippen LogP contribution is -2.55. The molecule has 0 aliphatic carbocycles. The number of anilines is 1. The molecular formula is C27H23ClFN5O7. The van der Waals surface area contributed by atoms with Crippen LogP contribution in [0.1, 0.15) is 28.4 Å². The summed E-state index contributed by atoms with van der Waals surface area (Å²) in [5.41, 5.74) is 0.102. The van der Waals surface area contributed by atoms with Gasteiger partial charge in [0.2, 0.25) is 0 Å². The topological polar surface area (TPSA) is 162 Å². The number of carboxylic acids is 1. The molecule has 3 N–H and O–H groups in total. The van der Waals surface area contributed by atoms with E-state index >= 15 is 0 Å². The second-order valence-corrected chi connectivity index (χ2v) is 9.46. The molecule has 3 aromatic rings. The zero-order valence-electron chi connectivity index (χ0n) is 21.2. The Labute approximate surface area is 237 Å². The normalized spacial score (nSPS) is 15.2. The Hall–Kier alpha value is -5.04. The number of non-ortho nitro benzene ring substituents is 1. The predicted octanol–water partition coefficient (Wildman–Crippen LogP) is 4.04. The fraction of sp³-hybridized carbons (Fsp3) is 0.185. The second-order valence-electron chi connectivity index (χ2n) is 9.02. The SMILES string of the molecule is O=C(O)CC(NC(=O)C1N(C(=O)Nc2ccc(Cl)cc2)CCN1C(=O)c1cccc(F)c1)c1cccc([N+](=O)[O-])c1. The van der Waals surface area contributed by atoms with E-state index in [2.05, 4.69) is 10.6 Å². The summed E-state index contributed by atoms with van der Waals surface area (Å²) < 4.78 is 13.9. The molecule has 4 rings (SSSR count). The van der Waals surface area contributed by atoms with Gasteiger partial charge in [0, 0.05) is 41.5 Å². The molecule has 0 radical (unpaired) electrons. The number of nitrogens with one attached hydrogen (secondary N) is 2. The van der Waals surface area contributed by atoms with Crippen molar-refractivity contribution in [3.63, 3.8) is 0 Å². The van der Waals surface area contributed by atoms with Crippen LogP contribution in [0, 0.1) is 15.9 Å². The van der Waals surface area contributed by atoms with Gasteiger partial charge in [0.1, 0.15) is 5.82 Å². The van der Waals surface area contributed by atoms with E-state index in [4.69, 9.17) is 11.6 Å². The van der Waals surface area contributed by atoms with Crippen LogP contribution in [0.5, 0.6) is 0 Å². The average molecular weight is 584 g/mol. The van der Waals surface area contributed by atoms with Crippen molar-refractivity contribution in [2.24, 2.45) is 0 Å². The molecule has 3 aromatic carbocycles. The molecule has 41 heavy (non-hydrogen) atoms. The summed E-state index contributed by atoms with van der Waals surface area (Å²) in [6.07, 6.45) is -2.21. The summed E-state index contributed by atoms with van der Waals surface area (Å²) in [5, 5.41) is 26.3. The van der Waals surface area contributed by atoms with Crippen molar-refractivity contribution < 1.29 is 33.6 Å². The van der Waals surface area contributed by atoms with Crippen molar-refractivity contribution in [2.75, 3.05) is 18.4 Å². The molecule has 1 saturated heterocycles. The van der Waals surface area contributed by atoms with Gasteiger partial charge in [-0.05, 0) is 48.0 Å².